The van der Waals surface area contributed by atoms with Crippen LogP contribution in [0.3, 0.4) is 0 Å². The number of halogens is 2. The number of amides is 1. The number of rotatable bonds is 2. The van der Waals surface area contributed by atoms with Crippen molar-refractivity contribution in [3.05, 3.63) is 35.6 Å². The molecule has 2 rings (SSSR count). The molecule has 1 aromatic rings. The largest absolute Gasteiger partial charge is 0.349 e. The van der Waals surface area contributed by atoms with Gasteiger partial charge in [0, 0.05) is 17.0 Å². The average molecular weight is 256 g/mol. The average Bonchev–Trinajstić information content (AvgIpc) is 2.33. The Morgan fingerprint density at radius 2 is 1.76 bits per heavy atom. The highest BCUT2D eigenvalue weighted by Crippen LogP contribution is 2.22. The molecule has 0 aromatic heterocycles. The fraction of sp³-hybridized carbons (Fsp3) is 0.462. The van der Waals surface area contributed by atoms with Crippen LogP contribution in [0, 0.1) is 5.82 Å². The van der Waals surface area contributed by atoms with Gasteiger partial charge in [-0.2, -0.15) is 0 Å². The van der Waals surface area contributed by atoms with Crippen LogP contribution < -0.4 is 5.32 Å². The van der Waals surface area contributed by atoms with Gasteiger partial charge in [0.25, 0.3) is 5.91 Å². The Balaban J connectivity index is 1.91. The second-order valence-electron chi connectivity index (χ2n) is 4.43. The van der Waals surface area contributed by atoms with Crippen molar-refractivity contribution in [2.75, 3.05) is 0 Å². The number of carbonyl (C=O) groups excluding carboxylic acids is 1. The Labute approximate surface area is 105 Å². The molecule has 1 aromatic carbocycles. The molecule has 0 atom stereocenters. The van der Waals surface area contributed by atoms with E-state index in [1.165, 1.54) is 24.3 Å². The van der Waals surface area contributed by atoms with Crippen molar-refractivity contribution in [1.82, 2.24) is 5.32 Å². The van der Waals surface area contributed by atoms with E-state index in [-0.39, 0.29) is 23.1 Å². The normalized spacial score (nSPS) is 24.4. The van der Waals surface area contributed by atoms with E-state index in [1.54, 1.807) is 0 Å². The molecule has 0 aliphatic heterocycles. The summed E-state index contributed by atoms with van der Waals surface area (Å²) in [4.78, 5) is 11.8. The van der Waals surface area contributed by atoms with E-state index < -0.39 is 0 Å². The number of carbonyl (C=O) groups is 1. The summed E-state index contributed by atoms with van der Waals surface area (Å²) in [5.41, 5.74) is 0.499. The fourth-order valence-corrected chi connectivity index (χ4v) is 2.32. The van der Waals surface area contributed by atoms with Crippen LogP contribution in [-0.2, 0) is 0 Å². The zero-order valence-corrected chi connectivity index (χ0v) is 10.2. The van der Waals surface area contributed by atoms with Crippen LogP contribution in [0.2, 0.25) is 0 Å². The lowest BCUT2D eigenvalue weighted by Gasteiger charge is -2.25. The molecule has 1 N–H and O–H groups in total. The van der Waals surface area contributed by atoms with Gasteiger partial charge in [-0.3, -0.25) is 4.79 Å². The Morgan fingerprint density at radius 1 is 1.18 bits per heavy atom. The molecule has 1 saturated carbocycles. The number of hydrogen-bond donors (Lipinski definition) is 1. The van der Waals surface area contributed by atoms with Gasteiger partial charge in [-0.1, -0.05) is 0 Å². The van der Waals surface area contributed by atoms with E-state index in [1.807, 2.05) is 0 Å². The molecule has 0 bridgehead atoms. The lowest BCUT2D eigenvalue weighted by Crippen LogP contribution is -2.37. The van der Waals surface area contributed by atoms with Crippen LogP contribution in [-0.4, -0.2) is 17.3 Å². The summed E-state index contributed by atoms with van der Waals surface area (Å²) in [6.45, 7) is 0. The first-order chi connectivity index (χ1) is 8.15. The van der Waals surface area contributed by atoms with Gasteiger partial charge >= 0.3 is 0 Å². The molecule has 0 radical (unpaired) electrons. The third-order valence-electron chi connectivity index (χ3n) is 3.10. The minimum absolute atomic E-state index is 0.136. The maximum absolute atomic E-state index is 12.7. The molecule has 0 unspecified atom stereocenters. The first-order valence-corrected chi connectivity index (χ1v) is 6.29. The van der Waals surface area contributed by atoms with Crippen molar-refractivity contribution in [2.45, 2.75) is 37.1 Å². The lowest BCUT2D eigenvalue weighted by atomic mass is 9.95. The molecule has 2 nitrogen and oxygen atoms in total. The maximum atomic E-state index is 12.7. The first-order valence-electron chi connectivity index (χ1n) is 5.85. The number of nitrogens with one attached hydrogen (secondary N) is 1. The van der Waals surface area contributed by atoms with Gasteiger partial charge in [0.15, 0.2) is 0 Å². The van der Waals surface area contributed by atoms with Crippen LogP contribution in [0.25, 0.3) is 0 Å². The lowest BCUT2D eigenvalue weighted by molar-refractivity contribution is 0.0928. The molecule has 0 heterocycles. The van der Waals surface area contributed by atoms with Gasteiger partial charge < -0.3 is 5.32 Å². The zero-order chi connectivity index (χ0) is 12.3. The highest BCUT2D eigenvalue weighted by Gasteiger charge is 2.21. The van der Waals surface area contributed by atoms with E-state index in [0.717, 1.165) is 25.7 Å². The summed E-state index contributed by atoms with van der Waals surface area (Å²) in [7, 11) is 0. The minimum atomic E-state index is -0.329. The minimum Gasteiger partial charge on any atom is -0.349 e. The van der Waals surface area contributed by atoms with Gasteiger partial charge in [0.2, 0.25) is 0 Å². The van der Waals surface area contributed by atoms with Gasteiger partial charge in [-0.05, 0) is 49.9 Å². The summed E-state index contributed by atoms with van der Waals surface area (Å²) < 4.78 is 12.7. The van der Waals surface area contributed by atoms with Crippen molar-refractivity contribution in [2.24, 2.45) is 0 Å². The van der Waals surface area contributed by atoms with Crippen LogP contribution in [0.5, 0.6) is 0 Å². The number of benzene rings is 1. The van der Waals surface area contributed by atoms with Crippen LogP contribution in [0.15, 0.2) is 24.3 Å². The first kappa shape index (κ1) is 12.4. The van der Waals surface area contributed by atoms with E-state index in [2.05, 4.69) is 5.32 Å². The summed E-state index contributed by atoms with van der Waals surface area (Å²) in [6.07, 6.45) is 3.72. The molecular formula is C13H15ClFNO. The van der Waals surface area contributed by atoms with Crippen molar-refractivity contribution in [3.8, 4) is 0 Å². The third kappa shape index (κ3) is 3.43. The SMILES string of the molecule is O=C(NC1CCC(Cl)CC1)c1ccc(F)cc1. The summed E-state index contributed by atoms with van der Waals surface area (Å²) >= 11 is 6.00. The molecule has 0 spiro atoms. The Kier molecular flexibility index (Phi) is 4.00. The zero-order valence-electron chi connectivity index (χ0n) is 9.46. The van der Waals surface area contributed by atoms with E-state index >= 15 is 0 Å². The van der Waals surface area contributed by atoms with Crippen molar-refractivity contribution in [1.29, 1.82) is 0 Å². The summed E-state index contributed by atoms with van der Waals surface area (Å²) in [5, 5.41) is 3.20. The smallest absolute Gasteiger partial charge is 0.251 e. The molecule has 1 aliphatic rings. The quantitative estimate of drug-likeness (QED) is 0.809. The molecule has 4 heteroatoms. The van der Waals surface area contributed by atoms with Crippen molar-refractivity contribution >= 4 is 17.5 Å². The molecular weight excluding hydrogens is 241 g/mol. The van der Waals surface area contributed by atoms with Crippen LogP contribution in [0.1, 0.15) is 36.0 Å². The topological polar surface area (TPSA) is 29.1 Å². The van der Waals surface area contributed by atoms with Crippen LogP contribution >= 0.6 is 11.6 Å². The summed E-state index contributed by atoms with van der Waals surface area (Å²) in [5.74, 6) is -0.466. The predicted octanol–water partition coefficient (Wildman–Crippen LogP) is 3.11. The molecule has 0 saturated heterocycles. The third-order valence-corrected chi connectivity index (χ3v) is 3.53. The standard InChI is InChI=1S/C13H15ClFNO/c14-10-3-7-12(8-4-10)16-13(17)9-1-5-11(15)6-2-9/h1-2,5-6,10,12H,3-4,7-8H2,(H,16,17). The predicted molar refractivity (Wildman–Crippen MR) is 65.8 cm³/mol. The van der Waals surface area contributed by atoms with Gasteiger partial charge in [0.1, 0.15) is 5.82 Å². The van der Waals surface area contributed by atoms with Gasteiger partial charge in [-0.25, -0.2) is 4.39 Å². The van der Waals surface area contributed by atoms with E-state index in [0.29, 0.717) is 5.56 Å². The highest BCUT2D eigenvalue weighted by atomic mass is 35.5. The molecule has 1 aliphatic carbocycles. The second-order valence-corrected chi connectivity index (χ2v) is 5.05. The van der Waals surface area contributed by atoms with E-state index in [4.69, 9.17) is 11.6 Å². The van der Waals surface area contributed by atoms with Gasteiger partial charge in [-0.15, -0.1) is 11.6 Å². The van der Waals surface area contributed by atoms with Crippen LogP contribution in [0.4, 0.5) is 4.39 Å². The van der Waals surface area contributed by atoms with Gasteiger partial charge in [0.05, 0.1) is 0 Å². The fourth-order valence-electron chi connectivity index (χ4n) is 2.07. The summed E-state index contributed by atoms with van der Waals surface area (Å²) in [6, 6.07) is 5.78. The van der Waals surface area contributed by atoms with E-state index in [9.17, 15) is 9.18 Å². The Bertz CT molecular complexity index is 385. The molecule has 1 fully saturated rings. The monoisotopic (exact) mass is 255 g/mol. The number of alkyl halides is 1. The van der Waals surface area contributed by atoms with Crippen molar-refractivity contribution in [3.63, 3.8) is 0 Å². The molecule has 17 heavy (non-hydrogen) atoms. The molecule has 92 valence electrons. The maximum Gasteiger partial charge on any atom is 0.251 e. The Hall–Kier alpha value is -1.09. The Morgan fingerprint density at radius 3 is 2.35 bits per heavy atom. The second kappa shape index (κ2) is 5.50. The van der Waals surface area contributed by atoms with Crippen molar-refractivity contribution < 1.29 is 9.18 Å². The highest BCUT2D eigenvalue weighted by molar-refractivity contribution is 6.20. The molecule has 1 amide bonds. The number of hydrogen-bond acceptors (Lipinski definition) is 1.